The highest BCUT2D eigenvalue weighted by Crippen LogP contribution is 2.27. The van der Waals surface area contributed by atoms with Gasteiger partial charge >= 0.3 is 0 Å². The maximum atomic E-state index is 5.72. The van der Waals surface area contributed by atoms with Crippen LogP contribution in [0, 0.1) is 0 Å². The fourth-order valence-corrected chi connectivity index (χ4v) is 3.07. The smallest absolute Gasteiger partial charge is 0.206 e. The lowest BCUT2D eigenvalue weighted by Gasteiger charge is -2.03. The molecule has 0 fully saturated rings. The molecule has 0 aliphatic carbocycles. The van der Waals surface area contributed by atoms with E-state index in [0.29, 0.717) is 17.3 Å². The Morgan fingerprint density at radius 3 is 2.80 bits per heavy atom. The number of nitrogens with zero attached hydrogens (tertiary/aromatic N) is 2. The van der Waals surface area contributed by atoms with E-state index >= 15 is 0 Å². The van der Waals surface area contributed by atoms with Crippen LogP contribution in [0.1, 0.15) is 5.56 Å². The van der Waals surface area contributed by atoms with Crippen LogP contribution in [0.5, 0.6) is 5.75 Å². The quantitative estimate of drug-likeness (QED) is 0.779. The summed E-state index contributed by atoms with van der Waals surface area (Å²) in [5, 5.41) is 12.8. The molecule has 0 aliphatic rings. The van der Waals surface area contributed by atoms with Gasteiger partial charge in [0, 0.05) is 17.3 Å². The highest BCUT2D eigenvalue weighted by atomic mass is 35.5. The van der Waals surface area contributed by atoms with Crippen molar-refractivity contribution in [2.45, 2.75) is 10.9 Å². The Kier molecular flexibility index (Phi) is 5.70. The van der Waals surface area contributed by atoms with Gasteiger partial charge in [-0.1, -0.05) is 53.4 Å². The van der Waals surface area contributed by atoms with Crippen LogP contribution in [-0.2, 0) is 6.54 Å². The number of anilines is 1. The maximum Gasteiger partial charge on any atom is 0.206 e. The summed E-state index contributed by atoms with van der Waals surface area (Å²) in [6.45, 7) is 4.34. The average Bonchev–Trinajstić information content (AvgIpc) is 2.91. The molecule has 7 heteroatoms. The topological polar surface area (TPSA) is 47.0 Å². The Balaban J connectivity index is 1.85. The van der Waals surface area contributed by atoms with Gasteiger partial charge in [0.2, 0.25) is 5.13 Å². The van der Waals surface area contributed by atoms with Gasteiger partial charge in [-0.15, -0.1) is 10.2 Å². The van der Waals surface area contributed by atoms with Crippen LogP contribution < -0.4 is 10.1 Å². The molecule has 0 saturated heterocycles. The van der Waals surface area contributed by atoms with Crippen molar-refractivity contribution < 1.29 is 4.74 Å². The molecular formula is C13H14ClN3OS2. The van der Waals surface area contributed by atoms with Gasteiger partial charge in [-0.3, -0.25) is 0 Å². The van der Waals surface area contributed by atoms with Crippen molar-refractivity contribution in [3.63, 3.8) is 0 Å². The summed E-state index contributed by atoms with van der Waals surface area (Å²) in [4.78, 5) is 0. The number of ether oxygens (including phenoxy) is 1. The van der Waals surface area contributed by atoms with Crippen LogP contribution in [0.3, 0.4) is 0 Å². The number of thioether (sulfide) groups is 1. The Morgan fingerprint density at radius 2 is 2.15 bits per heavy atom. The lowest BCUT2D eigenvalue weighted by molar-refractivity contribution is 0.414. The fourth-order valence-electron chi connectivity index (χ4n) is 1.40. The minimum atomic E-state index is 0.609. The third kappa shape index (κ3) is 4.70. The van der Waals surface area contributed by atoms with Crippen LogP contribution in [0.15, 0.2) is 40.2 Å². The van der Waals surface area contributed by atoms with Gasteiger partial charge in [-0.05, 0) is 17.7 Å². The molecule has 20 heavy (non-hydrogen) atoms. The summed E-state index contributed by atoms with van der Waals surface area (Å²) in [5.74, 6) is 1.50. The molecule has 0 radical (unpaired) electrons. The molecule has 0 atom stereocenters. The van der Waals surface area contributed by atoms with E-state index in [1.807, 2.05) is 24.3 Å². The van der Waals surface area contributed by atoms with Gasteiger partial charge in [-0.2, -0.15) is 0 Å². The van der Waals surface area contributed by atoms with Crippen LogP contribution in [0.25, 0.3) is 0 Å². The molecule has 0 bridgehead atoms. The molecule has 2 rings (SSSR count). The second-order valence-electron chi connectivity index (χ2n) is 3.88. The Bertz CT molecular complexity index is 571. The predicted molar refractivity (Wildman–Crippen MR) is 85.9 cm³/mol. The Hall–Kier alpha value is -1.24. The summed E-state index contributed by atoms with van der Waals surface area (Å²) in [6, 6.07) is 7.90. The zero-order valence-corrected chi connectivity index (χ0v) is 13.3. The second-order valence-corrected chi connectivity index (χ2v) is 6.62. The largest absolute Gasteiger partial charge is 0.497 e. The number of nitrogens with one attached hydrogen (secondary N) is 1. The van der Waals surface area contributed by atoms with Crippen LogP contribution >= 0.6 is 34.7 Å². The highest BCUT2D eigenvalue weighted by molar-refractivity contribution is 8.01. The van der Waals surface area contributed by atoms with Crippen LogP contribution in [0.2, 0.25) is 0 Å². The molecule has 2 aromatic rings. The van der Waals surface area contributed by atoms with Gasteiger partial charge in [-0.25, -0.2) is 0 Å². The van der Waals surface area contributed by atoms with E-state index in [-0.39, 0.29) is 0 Å². The molecule has 1 heterocycles. The molecule has 106 valence electrons. The minimum Gasteiger partial charge on any atom is -0.497 e. The third-order valence-corrected chi connectivity index (χ3v) is 4.75. The third-order valence-electron chi connectivity index (χ3n) is 2.36. The summed E-state index contributed by atoms with van der Waals surface area (Å²) in [6.07, 6.45) is 0. The summed E-state index contributed by atoms with van der Waals surface area (Å²) in [5.41, 5.74) is 1.16. The number of aromatic nitrogens is 2. The number of hydrogen-bond acceptors (Lipinski definition) is 6. The van der Waals surface area contributed by atoms with Crippen molar-refractivity contribution in [1.29, 1.82) is 0 Å². The zero-order valence-electron chi connectivity index (χ0n) is 10.9. The molecule has 1 aromatic carbocycles. The first-order valence-electron chi connectivity index (χ1n) is 5.84. The van der Waals surface area contributed by atoms with E-state index in [2.05, 4.69) is 22.1 Å². The van der Waals surface area contributed by atoms with E-state index < -0.39 is 0 Å². The molecular weight excluding hydrogens is 314 g/mol. The number of methoxy groups -OCH3 is 1. The number of benzene rings is 1. The Morgan fingerprint density at radius 1 is 1.40 bits per heavy atom. The first kappa shape index (κ1) is 15.2. The van der Waals surface area contributed by atoms with Crippen LogP contribution in [-0.4, -0.2) is 23.1 Å². The van der Waals surface area contributed by atoms with Gasteiger partial charge < -0.3 is 10.1 Å². The van der Waals surface area contributed by atoms with E-state index in [1.54, 1.807) is 7.11 Å². The van der Waals surface area contributed by atoms with Gasteiger partial charge in [0.05, 0.1) is 7.11 Å². The maximum absolute atomic E-state index is 5.72. The lowest BCUT2D eigenvalue weighted by Crippen LogP contribution is -1.98. The van der Waals surface area contributed by atoms with Crippen molar-refractivity contribution in [2.24, 2.45) is 0 Å². The molecule has 0 saturated carbocycles. The van der Waals surface area contributed by atoms with E-state index in [4.69, 9.17) is 16.3 Å². The van der Waals surface area contributed by atoms with Crippen molar-refractivity contribution in [3.05, 3.63) is 41.4 Å². The summed E-state index contributed by atoms with van der Waals surface area (Å²) in [7, 11) is 1.66. The number of hydrogen-bond donors (Lipinski definition) is 1. The lowest BCUT2D eigenvalue weighted by atomic mass is 10.2. The SMILES string of the molecule is C=C(Cl)CSc1nnc(NCc2ccc(OC)cc2)s1. The summed E-state index contributed by atoms with van der Waals surface area (Å²) < 4.78 is 6.00. The highest BCUT2D eigenvalue weighted by Gasteiger charge is 2.05. The molecule has 1 aromatic heterocycles. The number of halogens is 1. The summed E-state index contributed by atoms with van der Waals surface area (Å²) >= 11 is 8.76. The second kappa shape index (κ2) is 7.52. The monoisotopic (exact) mass is 327 g/mol. The van der Waals surface area contributed by atoms with E-state index in [0.717, 1.165) is 20.8 Å². The minimum absolute atomic E-state index is 0.609. The molecule has 0 unspecified atom stereocenters. The predicted octanol–water partition coefficient (Wildman–Crippen LogP) is 4.00. The normalized spacial score (nSPS) is 10.3. The van der Waals surface area contributed by atoms with E-state index in [1.165, 1.54) is 23.1 Å². The number of rotatable bonds is 7. The van der Waals surface area contributed by atoms with E-state index in [9.17, 15) is 0 Å². The molecule has 0 amide bonds. The first-order valence-corrected chi connectivity index (χ1v) is 8.02. The standard InChI is InChI=1S/C13H14ClN3OS2/c1-9(14)8-19-13-17-16-12(20-13)15-7-10-3-5-11(18-2)6-4-10/h3-6H,1,7-8H2,2H3,(H,15,16). The van der Waals surface area contributed by atoms with Crippen molar-refractivity contribution in [2.75, 3.05) is 18.2 Å². The van der Waals surface area contributed by atoms with Crippen molar-refractivity contribution >= 4 is 39.8 Å². The van der Waals surface area contributed by atoms with Crippen molar-refractivity contribution in [1.82, 2.24) is 10.2 Å². The zero-order chi connectivity index (χ0) is 14.4. The van der Waals surface area contributed by atoms with Crippen molar-refractivity contribution in [3.8, 4) is 5.75 Å². The van der Waals surface area contributed by atoms with Gasteiger partial charge in [0.25, 0.3) is 0 Å². The van der Waals surface area contributed by atoms with Gasteiger partial charge in [0.1, 0.15) is 5.75 Å². The Labute approximate surface area is 131 Å². The molecule has 0 aliphatic heterocycles. The first-order chi connectivity index (χ1) is 9.67. The van der Waals surface area contributed by atoms with Crippen LogP contribution in [0.4, 0.5) is 5.13 Å². The van der Waals surface area contributed by atoms with Gasteiger partial charge in [0.15, 0.2) is 4.34 Å². The average molecular weight is 328 g/mol. The molecule has 0 spiro atoms. The molecule has 4 nitrogen and oxygen atoms in total. The fraction of sp³-hybridized carbons (Fsp3) is 0.231. The molecule has 1 N–H and O–H groups in total.